The van der Waals surface area contributed by atoms with E-state index in [1.807, 2.05) is 58.0 Å². The molecule has 9 heteroatoms. The maximum atomic E-state index is 14.1. The van der Waals surface area contributed by atoms with Gasteiger partial charge >= 0.3 is 0 Å². The Labute approximate surface area is 243 Å². The fourth-order valence-corrected chi connectivity index (χ4v) is 6.13. The van der Waals surface area contributed by atoms with Crippen molar-refractivity contribution in [3.63, 3.8) is 0 Å². The zero-order valence-corrected chi connectivity index (χ0v) is 25.3. The molecule has 0 aliphatic rings. The van der Waals surface area contributed by atoms with Gasteiger partial charge in [0.2, 0.25) is 11.8 Å². The number of nitrogens with one attached hydrogen (secondary N) is 1. The Morgan fingerprint density at radius 2 is 1.57 bits per heavy atom. The highest BCUT2D eigenvalue weighted by Gasteiger charge is 2.34. The van der Waals surface area contributed by atoms with Crippen molar-refractivity contribution in [2.75, 3.05) is 17.4 Å². The standard InChI is InChI=1S/C31H38ClN3O4S/c1-6-28(31(37)33-22(2)3)34(20-19-25-11-8-7-9-12-25)30(36)21-35(29-14-10-13-27(32)24(29)5)40(38,39)26-17-15-23(4)16-18-26/h7-18,22,28H,6,19-21H2,1-5H3,(H,33,37). The quantitative estimate of drug-likeness (QED) is 0.304. The second-order valence-corrected chi connectivity index (χ2v) is 12.4. The van der Waals surface area contributed by atoms with Crippen LogP contribution in [-0.2, 0) is 26.0 Å². The number of aryl methyl sites for hydroxylation is 1. The van der Waals surface area contributed by atoms with Crippen LogP contribution in [0.2, 0.25) is 5.02 Å². The van der Waals surface area contributed by atoms with Crippen LogP contribution < -0.4 is 9.62 Å². The Morgan fingerprint density at radius 1 is 0.925 bits per heavy atom. The van der Waals surface area contributed by atoms with Gasteiger partial charge in [-0.25, -0.2) is 8.42 Å². The minimum atomic E-state index is -4.15. The highest BCUT2D eigenvalue weighted by atomic mass is 35.5. The molecule has 0 aromatic heterocycles. The number of anilines is 1. The molecule has 40 heavy (non-hydrogen) atoms. The Hall–Kier alpha value is -3.36. The van der Waals surface area contributed by atoms with Crippen molar-refractivity contribution in [3.05, 3.63) is 94.5 Å². The van der Waals surface area contributed by atoms with E-state index >= 15 is 0 Å². The smallest absolute Gasteiger partial charge is 0.264 e. The molecule has 0 heterocycles. The second-order valence-electron chi connectivity index (χ2n) is 10.1. The van der Waals surface area contributed by atoms with E-state index in [0.717, 1.165) is 15.4 Å². The molecular weight excluding hydrogens is 546 g/mol. The molecule has 1 N–H and O–H groups in total. The minimum Gasteiger partial charge on any atom is -0.352 e. The van der Waals surface area contributed by atoms with E-state index < -0.39 is 28.5 Å². The van der Waals surface area contributed by atoms with Gasteiger partial charge in [0.15, 0.2) is 0 Å². The third kappa shape index (κ3) is 7.64. The van der Waals surface area contributed by atoms with E-state index in [4.69, 9.17) is 11.6 Å². The number of amides is 2. The van der Waals surface area contributed by atoms with Gasteiger partial charge in [0.05, 0.1) is 10.6 Å². The molecule has 0 saturated heterocycles. The summed E-state index contributed by atoms with van der Waals surface area (Å²) in [5.74, 6) is -0.748. The van der Waals surface area contributed by atoms with Crippen molar-refractivity contribution >= 4 is 39.1 Å². The molecule has 2 amide bonds. The molecule has 0 fully saturated rings. The number of nitrogens with zero attached hydrogens (tertiary/aromatic N) is 2. The third-order valence-corrected chi connectivity index (χ3v) is 8.88. The molecule has 0 saturated carbocycles. The first-order valence-electron chi connectivity index (χ1n) is 13.4. The van der Waals surface area contributed by atoms with E-state index in [1.165, 1.54) is 17.0 Å². The van der Waals surface area contributed by atoms with Crippen LogP contribution in [0.3, 0.4) is 0 Å². The van der Waals surface area contributed by atoms with Gasteiger partial charge in [0.25, 0.3) is 10.0 Å². The summed E-state index contributed by atoms with van der Waals surface area (Å²) in [4.78, 5) is 28.8. The maximum absolute atomic E-state index is 14.1. The molecular formula is C31H38ClN3O4S. The monoisotopic (exact) mass is 583 g/mol. The average Bonchev–Trinajstić information content (AvgIpc) is 2.91. The summed E-state index contributed by atoms with van der Waals surface area (Å²) >= 11 is 6.38. The van der Waals surface area contributed by atoms with Crippen molar-refractivity contribution in [3.8, 4) is 0 Å². The predicted octanol–water partition coefficient (Wildman–Crippen LogP) is 5.53. The van der Waals surface area contributed by atoms with Crippen LogP contribution in [0.15, 0.2) is 77.7 Å². The number of carbonyl (C=O) groups is 2. The van der Waals surface area contributed by atoms with E-state index in [2.05, 4.69) is 5.32 Å². The summed E-state index contributed by atoms with van der Waals surface area (Å²) in [5.41, 5.74) is 2.76. The summed E-state index contributed by atoms with van der Waals surface area (Å²) in [6.45, 7) is 8.91. The number of hydrogen-bond donors (Lipinski definition) is 1. The van der Waals surface area contributed by atoms with Crippen molar-refractivity contribution < 1.29 is 18.0 Å². The number of hydrogen-bond acceptors (Lipinski definition) is 4. The van der Waals surface area contributed by atoms with E-state index in [1.54, 1.807) is 37.3 Å². The largest absolute Gasteiger partial charge is 0.352 e. The van der Waals surface area contributed by atoms with Gasteiger partial charge in [0, 0.05) is 17.6 Å². The molecule has 7 nitrogen and oxygen atoms in total. The lowest BCUT2D eigenvalue weighted by atomic mass is 10.1. The molecule has 0 radical (unpaired) electrons. The Bertz CT molecular complexity index is 1410. The normalized spacial score (nSPS) is 12.2. The Morgan fingerprint density at radius 3 is 2.17 bits per heavy atom. The molecule has 3 aromatic rings. The lowest BCUT2D eigenvalue weighted by Gasteiger charge is -2.34. The highest BCUT2D eigenvalue weighted by Crippen LogP contribution is 2.31. The van der Waals surface area contributed by atoms with Crippen LogP contribution in [-0.4, -0.2) is 50.3 Å². The topological polar surface area (TPSA) is 86.8 Å². The predicted molar refractivity (Wildman–Crippen MR) is 161 cm³/mol. The van der Waals surface area contributed by atoms with Gasteiger partial charge in [0.1, 0.15) is 12.6 Å². The first-order valence-corrected chi connectivity index (χ1v) is 15.3. The lowest BCUT2D eigenvalue weighted by molar-refractivity contribution is -0.139. The molecule has 1 unspecified atom stereocenters. The van der Waals surface area contributed by atoms with Crippen molar-refractivity contribution in [2.24, 2.45) is 0 Å². The van der Waals surface area contributed by atoms with Crippen LogP contribution in [0.25, 0.3) is 0 Å². The second kappa shape index (κ2) is 13.8. The molecule has 3 rings (SSSR count). The van der Waals surface area contributed by atoms with Crippen LogP contribution in [0.5, 0.6) is 0 Å². The molecule has 0 aliphatic heterocycles. The van der Waals surface area contributed by atoms with Gasteiger partial charge in [-0.15, -0.1) is 0 Å². The van der Waals surface area contributed by atoms with Crippen LogP contribution >= 0.6 is 11.6 Å². The van der Waals surface area contributed by atoms with E-state index in [0.29, 0.717) is 29.1 Å². The zero-order valence-electron chi connectivity index (χ0n) is 23.7. The van der Waals surface area contributed by atoms with Crippen molar-refractivity contribution in [2.45, 2.75) is 64.4 Å². The summed E-state index contributed by atoms with van der Waals surface area (Å²) in [7, 11) is -4.15. The summed E-state index contributed by atoms with van der Waals surface area (Å²) in [5, 5.41) is 3.29. The van der Waals surface area contributed by atoms with E-state index in [-0.39, 0.29) is 23.4 Å². The Kier molecular flexibility index (Phi) is 10.8. The van der Waals surface area contributed by atoms with Crippen LogP contribution in [0.1, 0.15) is 43.9 Å². The highest BCUT2D eigenvalue weighted by molar-refractivity contribution is 7.92. The van der Waals surface area contributed by atoms with Gasteiger partial charge in [-0.3, -0.25) is 13.9 Å². The third-order valence-electron chi connectivity index (χ3n) is 6.70. The fourth-order valence-electron chi connectivity index (χ4n) is 4.49. The number of sulfonamides is 1. The molecule has 0 bridgehead atoms. The summed E-state index contributed by atoms with van der Waals surface area (Å²) in [6, 6.07) is 20.3. The number of benzene rings is 3. The maximum Gasteiger partial charge on any atom is 0.264 e. The number of carbonyl (C=O) groups excluding carboxylic acids is 2. The first-order chi connectivity index (χ1) is 18.9. The molecule has 1 atom stereocenters. The van der Waals surface area contributed by atoms with Crippen molar-refractivity contribution in [1.82, 2.24) is 10.2 Å². The Balaban J connectivity index is 2.05. The first kappa shape index (κ1) is 31.2. The van der Waals surface area contributed by atoms with Gasteiger partial charge in [-0.2, -0.15) is 0 Å². The van der Waals surface area contributed by atoms with Gasteiger partial charge < -0.3 is 10.2 Å². The van der Waals surface area contributed by atoms with Gasteiger partial charge in [-0.05, 0) is 75.9 Å². The number of halogens is 1. The van der Waals surface area contributed by atoms with Crippen molar-refractivity contribution in [1.29, 1.82) is 0 Å². The van der Waals surface area contributed by atoms with E-state index in [9.17, 15) is 18.0 Å². The summed E-state index contributed by atoms with van der Waals surface area (Å²) in [6.07, 6.45) is 0.888. The fraction of sp³-hybridized carbons (Fsp3) is 0.355. The van der Waals surface area contributed by atoms with Crippen LogP contribution in [0.4, 0.5) is 5.69 Å². The van der Waals surface area contributed by atoms with Gasteiger partial charge in [-0.1, -0.05) is 72.6 Å². The zero-order chi connectivity index (χ0) is 29.4. The molecule has 0 spiro atoms. The molecule has 3 aromatic carbocycles. The number of rotatable bonds is 12. The molecule has 0 aliphatic carbocycles. The SMILES string of the molecule is CCC(C(=O)NC(C)C)N(CCc1ccccc1)C(=O)CN(c1cccc(Cl)c1C)S(=O)(=O)c1ccc(C)cc1. The lowest BCUT2D eigenvalue weighted by Crippen LogP contribution is -2.54. The average molecular weight is 584 g/mol. The minimum absolute atomic E-state index is 0.0608. The summed E-state index contributed by atoms with van der Waals surface area (Å²) < 4.78 is 29.1. The molecule has 214 valence electrons. The van der Waals surface area contributed by atoms with Crippen LogP contribution in [0, 0.1) is 13.8 Å².